The van der Waals surface area contributed by atoms with E-state index in [4.69, 9.17) is 20.4 Å². The zero-order chi connectivity index (χ0) is 18.0. The highest BCUT2D eigenvalue weighted by Crippen LogP contribution is 2.29. The van der Waals surface area contributed by atoms with Crippen LogP contribution in [0.4, 0.5) is 4.79 Å². The van der Waals surface area contributed by atoms with Gasteiger partial charge in [0, 0.05) is 36.6 Å². The molecular weight excluding hydrogens is 322 g/mol. The summed E-state index contributed by atoms with van der Waals surface area (Å²) in [5, 5.41) is 8.61. The highest BCUT2D eigenvalue weighted by Gasteiger charge is 2.41. The van der Waals surface area contributed by atoms with Gasteiger partial charge in [-0.2, -0.15) is 0 Å². The van der Waals surface area contributed by atoms with Crippen molar-refractivity contribution in [3.63, 3.8) is 0 Å². The summed E-state index contributed by atoms with van der Waals surface area (Å²) in [6, 6.07) is 10.8. The number of fused-ring (bicyclic) bond motifs is 1. The monoisotopic (exact) mass is 345 g/mol. The number of carbonyl (C=O) groups is 2. The zero-order valence-electron chi connectivity index (χ0n) is 14.1. The number of ether oxygens (including phenoxy) is 1. The molecule has 2 heterocycles. The SMILES string of the molecule is CC(=O)O.NC1CC(N2CC(Cc3cc4ccccc4[nH]3)OC2=O)C1. The van der Waals surface area contributed by atoms with Gasteiger partial charge >= 0.3 is 6.09 Å². The van der Waals surface area contributed by atoms with Crippen LogP contribution in [0.1, 0.15) is 25.5 Å². The topological polar surface area (TPSA) is 109 Å². The van der Waals surface area contributed by atoms with Crippen molar-refractivity contribution in [3.8, 4) is 0 Å². The second-order valence-electron chi connectivity index (χ2n) is 6.65. The fourth-order valence-corrected chi connectivity index (χ4v) is 3.32. The lowest BCUT2D eigenvalue weighted by molar-refractivity contribution is -0.134. The average molecular weight is 345 g/mol. The lowest BCUT2D eigenvalue weighted by Crippen LogP contribution is -2.51. The molecule has 2 fully saturated rings. The third-order valence-electron chi connectivity index (χ3n) is 4.53. The van der Waals surface area contributed by atoms with E-state index in [1.165, 1.54) is 5.39 Å². The standard InChI is InChI=1S/C16H19N3O2.C2H4O2/c17-11-6-13(7-11)19-9-14(21-16(19)20)8-12-5-10-3-1-2-4-15(10)18-12;1-2(3)4/h1-5,11,13-14,18H,6-9,17H2;1H3,(H,3,4). The Balaban J connectivity index is 0.000000415. The molecule has 0 bridgehead atoms. The summed E-state index contributed by atoms with van der Waals surface area (Å²) in [5.41, 5.74) is 8.04. The highest BCUT2D eigenvalue weighted by atomic mass is 16.6. The number of H-pyrrole nitrogens is 1. The van der Waals surface area contributed by atoms with Gasteiger partial charge in [0.25, 0.3) is 5.97 Å². The van der Waals surface area contributed by atoms with Crippen molar-refractivity contribution in [1.82, 2.24) is 9.88 Å². The Morgan fingerprint density at radius 2 is 2.08 bits per heavy atom. The van der Waals surface area contributed by atoms with Crippen LogP contribution in [-0.4, -0.2) is 51.8 Å². The van der Waals surface area contributed by atoms with Crippen LogP contribution in [0.5, 0.6) is 0 Å². The third-order valence-corrected chi connectivity index (χ3v) is 4.53. The quantitative estimate of drug-likeness (QED) is 0.789. The van der Waals surface area contributed by atoms with Gasteiger partial charge in [-0.1, -0.05) is 18.2 Å². The summed E-state index contributed by atoms with van der Waals surface area (Å²) in [4.78, 5) is 26.2. The molecule has 1 saturated carbocycles. The third kappa shape index (κ3) is 4.11. The smallest absolute Gasteiger partial charge is 0.410 e. The van der Waals surface area contributed by atoms with Crippen LogP contribution in [0.15, 0.2) is 30.3 Å². The van der Waals surface area contributed by atoms with Crippen LogP contribution in [0.2, 0.25) is 0 Å². The first-order valence-corrected chi connectivity index (χ1v) is 8.41. The first kappa shape index (κ1) is 17.3. The largest absolute Gasteiger partial charge is 0.481 e. The van der Waals surface area contributed by atoms with E-state index < -0.39 is 5.97 Å². The minimum atomic E-state index is -0.833. The van der Waals surface area contributed by atoms with Gasteiger partial charge in [-0.25, -0.2) is 4.79 Å². The molecule has 25 heavy (non-hydrogen) atoms. The molecule has 7 nitrogen and oxygen atoms in total. The van der Waals surface area contributed by atoms with Crippen molar-refractivity contribution >= 4 is 23.0 Å². The van der Waals surface area contributed by atoms with Crippen LogP contribution < -0.4 is 5.73 Å². The summed E-state index contributed by atoms with van der Waals surface area (Å²) in [7, 11) is 0. The molecule has 1 aromatic carbocycles. The van der Waals surface area contributed by atoms with Gasteiger partial charge in [-0.05, 0) is 30.4 Å². The van der Waals surface area contributed by atoms with Crippen molar-refractivity contribution in [2.24, 2.45) is 5.73 Å². The van der Waals surface area contributed by atoms with Crippen LogP contribution in [0.25, 0.3) is 10.9 Å². The highest BCUT2D eigenvalue weighted by molar-refractivity contribution is 5.80. The van der Waals surface area contributed by atoms with Crippen molar-refractivity contribution < 1.29 is 19.4 Å². The van der Waals surface area contributed by atoms with Gasteiger partial charge in [0.15, 0.2) is 0 Å². The summed E-state index contributed by atoms with van der Waals surface area (Å²) in [5.74, 6) is -0.833. The number of nitrogens with two attached hydrogens (primary N) is 1. The van der Waals surface area contributed by atoms with E-state index in [1.807, 2.05) is 17.0 Å². The first-order valence-electron chi connectivity index (χ1n) is 8.41. The number of hydrogen-bond acceptors (Lipinski definition) is 4. The van der Waals surface area contributed by atoms with Crippen molar-refractivity contribution in [2.45, 2.75) is 44.4 Å². The minimum absolute atomic E-state index is 0.0672. The maximum Gasteiger partial charge on any atom is 0.410 e. The number of hydrogen-bond donors (Lipinski definition) is 3. The molecule has 134 valence electrons. The molecule has 1 saturated heterocycles. The zero-order valence-corrected chi connectivity index (χ0v) is 14.1. The molecule has 2 aliphatic rings. The number of aromatic amines is 1. The summed E-state index contributed by atoms with van der Waals surface area (Å²) in [6.45, 7) is 1.76. The fourth-order valence-electron chi connectivity index (χ4n) is 3.32. The first-order chi connectivity index (χ1) is 11.9. The molecule has 7 heteroatoms. The van der Waals surface area contributed by atoms with Crippen molar-refractivity contribution in [1.29, 1.82) is 0 Å². The predicted octanol–water partition coefficient (Wildman–Crippen LogP) is 2.11. The van der Waals surface area contributed by atoms with E-state index in [1.54, 1.807) is 0 Å². The number of cyclic esters (lactones) is 1. The minimum Gasteiger partial charge on any atom is -0.481 e. The van der Waals surface area contributed by atoms with Crippen LogP contribution in [-0.2, 0) is 16.0 Å². The Hall–Kier alpha value is -2.54. The number of rotatable bonds is 3. The number of carboxylic acids is 1. The summed E-state index contributed by atoms with van der Waals surface area (Å²) >= 11 is 0. The van der Waals surface area contributed by atoms with Crippen molar-refractivity contribution in [2.75, 3.05) is 6.54 Å². The van der Waals surface area contributed by atoms with Crippen LogP contribution in [0.3, 0.4) is 0 Å². The second kappa shape index (κ2) is 7.14. The van der Waals surface area contributed by atoms with E-state index in [0.29, 0.717) is 6.54 Å². The van der Waals surface area contributed by atoms with Gasteiger partial charge in [0.2, 0.25) is 0 Å². The summed E-state index contributed by atoms with van der Waals surface area (Å²) < 4.78 is 5.49. The molecule has 1 aromatic heterocycles. The van der Waals surface area contributed by atoms with E-state index in [9.17, 15) is 4.79 Å². The molecule has 1 aliphatic carbocycles. The van der Waals surface area contributed by atoms with Gasteiger partial charge in [-0.3, -0.25) is 4.79 Å². The van der Waals surface area contributed by atoms with Gasteiger partial charge in [0.1, 0.15) is 6.10 Å². The van der Waals surface area contributed by atoms with Crippen LogP contribution >= 0.6 is 0 Å². The number of aliphatic carboxylic acids is 1. The molecule has 0 spiro atoms. The van der Waals surface area contributed by atoms with E-state index in [0.717, 1.165) is 37.4 Å². The number of benzene rings is 1. The number of carbonyl (C=O) groups excluding carboxylic acids is 1. The fraction of sp³-hybridized carbons (Fsp3) is 0.444. The number of aromatic nitrogens is 1. The Kier molecular flexibility index (Phi) is 4.94. The number of para-hydroxylation sites is 1. The molecule has 1 atom stereocenters. The maximum atomic E-state index is 11.9. The molecule has 2 aromatic rings. The lowest BCUT2D eigenvalue weighted by Gasteiger charge is -2.37. The molecule has 0 radical (unpaired) electrons. The predicted molar refractivity (Wildman–Crippen MR) is 93.3 cm³/mol. The molecular formula is C18H23N3O4. The molecule has 1 aliphatic heterocycles. The van der Waals surface area contributed by atoms with Crippen molar-refractivity contribution in [3.05, 3.63) is 36.0 Å². The number of amides is 1. The Morgan fingerprint density at radius 1 is 1.40 bits per heavy atom. The maximum absolute atomic E-state index is 11.9. The number of carboxylic acid groups (broad SMARTS) is 1. The lowest BCUT2D eigenvalue weighted by atomic mass is 9.86. The van der Waals surface area contributed by atoms with E-state index in [2.05, 4.69) is 23.2 Å². The molecule has 1 amide bonds. The normalized spacial score (nSPS) is 25.1. The second-order valence-corrected chi connectivity index (χ2v) is 6.65. The Bertz CT molecular complexity index is 730. The molecule has 4 N–H and O–H groups in total. The molecule has 1 unspecified atom stereocenters. The van der Waals surface area contributed by atoms with Crippen LogP contribution in [0, 0.1) is 0 Å². The number of nitrogens with one attached hydrogen (secondary N) is 1. The number of nitrogens with zero attached hydrogens (tertiary/aromatic N) is 1. The Labute approximate surface area is 145 Å². The molecule has 4 rings (SSSR count). The Morgan fingerprint density at radius 3 is 2.72 bits per heavy atom. The van der Waals surface area contributed by atoms with Gasteiger partial charge < -0.3 is 25.5 Å². The van der Waals surface area contributed by atoms with E-state index >= 15 is 0 Å². The van der Waals surface area contributed by atoms with Gasteiger partial charge in [-0.15, -0.1) is 0 Å². The van der Waals surface area contributed by atoms with E-state index in [-0.39, 0.29) is 24.3 Å². The summed E-state index contributed by atoms with van der Waals surface area (Å²) in [6.07, 6.45) is 2.27. The average Bonchev–Trinajstić information content (AvgIpc) is 3.06. The van der Waals surface area contributed by atoms with Gasteiger partial charge in [0.05, 0.1) is 6.54 Å².